The van der Waals surface area contributed by atoms with Gasteiger partial charge in [-0.15, -0.1) is 0 Å². The van der Waals surface area contributed by atoms with Crippen LogP contribution in [-0.4, -0.2) is 43.5 Å². The number of anilines is 1. The third kappa shape index (κ3) is 4.09. The molecule has 2 rings (SSSR count). The summed E-state index contributed by atoms with van der Waals surface area (Å²) in [6.45, 7) is 8.25. The summed E-state index contributed by atoms with van der Waals surface area (Å²) < 4.78 is 0. The quantitative estimate of drug-likeness (QED) is 0.502. The molecule has 0 saturated carbocycles. The first-order valence-electron chi connectivity index (χ1n) is 7.16. The molecule has 1 heterocycles. The van der Waals surface area contributed by atoms with Crippen molar-refractivity contribution < 1.29 is 4.79 Å². The van der Waals surface area contributed by atoms with E-state index in [0.29, 0.717) is 6.54 Å². The second-order valence-electron chi connectivity index (χ2n) is 6.10. The van der Waals surface area contributed by atoms with Gasteiger partial charge in [-0.2, -0.15) is 0 Å². The van der Waals surface area contributed by atoms with E-state index in [1.807, 2.05) is 32.0 Å². The van der Waals surface area contributed by atoms with E-state index in [1.165, 1.54) is 0 Å². The van der Waals surface area contributed by atoms with Crippen molar-refractivity contribution in [2.24, 2.45) is 11.3 Å². The highest BCUT2D eigenvalue weighted by Crippen LogP contribution is 2.22. The molecule has 1 fully saturated rings. The van der Waals surface area contributed by atoms with Crippen molar-refractivity contribution in [2.45, 2.75) is 13.8 Å². The predicted octanol–water partition coefficient (Wildman–Crippen LogP) is 1.48. The number of hydrazine groups is 1. The third-order valence-electron chi connectivity index (χ3n) is 3.91. The summed E-state index contributed by atoms with van der Waals surface area (Å²) in [5.41, 5.74) is 2.92. The zero-order valence-electron chi connectivity index (χ0n) is 12.6. The number of halogens is 1. The number of rotatable bonds is 4. The summed E-state index contributed by atoms with van der Waals surface area (Å²) in [7, 11) is 0. The topological polar surface area (TPSA) is 61.6 Å². The lowest BCUT2D eigenvalue weighted by Crippen LogP contribution is -2.52. The van der Waals surface area contributed by atoms with Gasteiger partial charge in [-0.25, -0.2) is 5.84 Å². The van der Waals surface area contributed by atoms with Gasteiger partial charge >= 0.3 is 0 Å². The number of hydrogen-bond acceptors (Lipinski definition) is 4. The van der Waals surface area contributed by atoms with E-state index in [2.05, 4.69) is 21.3 Å². The smallest absolute Gasteiger partial charge is 0.240 e. The van der Waals surface area contributed by atoms with Gasteiger partial charge in [0.25, 0.3) is 0 Å². The predicted molar refractivity (Wildman–Crippen MR) is 86.2 cm³/mol. The maximum absolute atomic E-state index is 11.7. The van der Waals surface area contributed by atoms with Gasteiger partial charge in [-0.05, 0) is 32.0 Å². The molecule has 6 heteroatoms. The first-order valence-corrected chi connectivity index (χ1v) is 7.54. The van der Waals surface area contributed by atoms with E-state index >= 15 is 0 Å². The van der Waals surface area contributed by atoms with Gasteiger partial charge in [0.1, 0.15) is 0 Å². The molecule has 1 aliphatic rings. The molecule has 1 saturated heterocycles. The van der Waals surface area contributed by atoms with E-state index in [1.54, 1.807) is 0 Å². The number of hydrogen-bond donors (Lipinski definition) is 2. The molecule has 1 amide bonds. The van der Waals surface area contributed by atoms with E-state index in [-0.39, 0.29) is 5.91 Å². The second kappa shape index (κ2) is 6.64. The highest BCUT2D eigenvalue weighted by molar-refractivity contribution is 6.30. The number of nitrogens with two attached hydrogens (primary N) is 1. The molecule has 116 valence electrons. The minimum atomic E-state index is -0.479. The Balaban J connectivity index is 1.90. The molecule has 21 heavy (non-hydrogen) atoms. The van der Waals surface area contributed by atoms with Crippen LogP contribution < -0.4 is 16.2 Å². The van der Waals surface area contributed by atoms with Crippen LogP contribution in [0.25, 0.3) is 0 Å². The molecular formula is C15H23ClN4O. The first-order chi connectivity index (χ1) is 9.92. The molecule has 1 aliphatic heterocycles. The standard InChI is InChI=1S/C15H23ClN4O/c1-15(2,14(21)18-17)11-19-6-8-20(9-7-19)13-5-3-4-12(16)10-13/h3-5,10H,6-9,11,17H2,1-2H3,(H,18,21). The molecule has 0 radical (unpaired) electrons. The van der Waals surface area contributed by atoms with Crippen LogP contribution in [0.3, 0.4) is 0 Å². The monoisotopic (exact) mass is 310 g/mol. The molecular weight excluding hydrogens is 288 g/mol. The number of amides is 1. The summed E-state index contributed by atoms with van der Waals surface area (Å²) in [5, 5.41) is 0.760. The summed E-state index contributed by atoms with van der Waals surface area (Å²) in [6.07, 6.45) is 0. The maximum atomic E-state index is 11.7. The van der Waals surface area contributed by atoms with Crippen LogP contribution in [0.15, 0.2) is 24.3 Å². The summed E-state index contributed by atoms with van der Waals surface area (Å²) in [4.78, 5) is 16.4. The van der Waals surface area contributed by atoms with Gasteiger partial charge in [0.05, 0.1) is 5.41 Å². The number of carbonyl (C=O) groups is 1. The molecule has 0 unspecified atom stereocenters. The number of carbonyl (C=O) groups excluding carboxylic acids is 1. The zero-order valence-corrected chi connectivity index (χ0v) is 13.4. The van der Waals surface area contributed by atoms with Crippen LogP contribution in [0.5, 0.6) is 0 Å². The van der Waals surface area contributed by atoms with Crippen LogP contribution >= 0.6 is 11.6 Å². The van der Waals surface area contributed by atoms with E-state index in [4.69, 9.17) is 17.4 Å². The lowest BCUT2D eigenvalue weighted by molar-refractivity contribution is -0.130. The van der Waals surface area contributed by atoms with Crippen molar-refractivity contribution in [1.82, 2.24) is 10.3 Å². The average Bonchev–Trinajstić information content (AvgIpc) is 2.46. The maximum Gasteiger partial charge on any atom is 0.240 e. The lowest BCUT2D eigenvalue weighted by Gasteiger charge is -2.39. The van der Waals surface area contributed by atoms with Crippen LogP contribution in [0.4, 0.5) is 5.69 Å². The summed E-state index contributed by atoms with van der Waals surface area (Å²) in [5.74, 6) is 5.11. The van der Waals surface area contributed by atoms with E-state index in [0.717, 1.165) is 36.9 Å². The summed E-state index contributed by atoms with van der Waals surface area (Å²) in [6, 6.07) is 7.92. The fourth-order valence-electron chi connectivity index (χ4n) is 2.66. The number of nitrogens with zero attached hydrogens (tertiary/aromatic N) is 2. The molecule has 5 nitrogen and oxygen atoms in total. The molecule has 0 aliphatic carbocycles. The number of piperazine rings is 1. The highest BCUT2D eigenvalue weighted by atomic mass is 35.5. The second-order valence-corrected chi connectivity index (χ2v) is 6.54. The normalized spacial score (nSPS) is 16.9. The van der Waals surface area contributed by atoms with Crippen molar-refractivity contribution >= 4 is 23.2 Å². The molecule has 1 aromatic carbocycles. The van der Waals surface area contributed by atoms with Crippen LogP contribution in [0.2, 0.25) is 5.02 Å². The van der Waals surface area contributed by atoms with Crippen LogP contribution in [0, 0.1) is 5.41 Å². The van der Waals surface area contributed by atoms with Crippen LogP contribution in [0.1, 0.15) is 13.8 Å². The van der Waals surface area contributed by atoms with Crippen molar-refractivity contribution in [3.63, 3.8) is 0 Å². The lowest BCUT2D eigenvalue weighted by atomic mass is 9.91. The van der Waals surface area contributed by atoms with Gasteiger partial charge in [0.15, 0.2) is 0 Å². The summed E-state index contributed by atoms with van der Waals surface area (Å²) >= 11 is 6.04. The SMILES string of the molecule is CC(C)(CN1CCN(c2cccc(Cl)c2)CC1)C(=O)NN. The molecule has 1 aromatic rings. The number of benzene rings is 1. The van der Waals surface area contributed by atoms with E-state index < -0.39 is 5.41 Å². The first kappa shape index (κ1) is 16.1. The minimum absolute atomic E-state index is 0.125. The van der Waals surface area contributed by atoms with Gasteiger partial charge in [0.2, 0.25) is 5.91 Å². The Labute approximate surface area is 131 Å². The Hall–Kier alpha value is -1.30. The Kier molecular flexibility index (Phi) is 5.08. The molecule has 3 N–H and O–H groups in total. The molecule has 0 bridgehead atoms. The Morgan fingerprint density at radius 1 is 1.33 bits per heavy atom. The van der Waals surface area contributed by atoms with Gasteiger partial charge < -0.3 is 4.90 Å². The fourth-order valence-corrected chi connectivity index (χ4v) is 2.85. The number of nitrogens with one attached hydrogen (secondary N) is 1. The highest BCUT2D eigenvalue weighted by Gasteiger charge is 2.30. The Morgan fingerprint density at radius 2 is 2.00 bits per heavy atom. The molecule has 0 spiro atoms. The molecule has 0 aromatic heterocycles. The fraction of sp³-hybridized carbons (Fsp3) is 0.533. The Morgan fingerprint density at radius 3 is 2.57 bits per heavy atom. The van der Waals surface area contributed by atoms with Crippen molar-refractivity contribution in [3.05, 3.63) is 29.3 Å². The Bertz CT molecular complexity index is 498. The van der Waals surface area contributed by atoms with E-state index in [9.17, 15) is 4.79 Å². The van der Waals surface area contributed by atoms with Gasteiger partial charge in [0, 0.05) is 43.4 Å². The van der Waals surface area contributed by atoms with Gasteiger partial charge in [-0.1, -0.05) is 17.7 Å². The van der Waals surface area contributed by atoms with Gasteiger partial charge in [-0.3, -0.25) is 15.1 Å². The average molecular weight is 311 g/mol. The largest absolute Gasteiger partial charge is 0.369 e. The third-order valence-corrected chi connectivity index (χ3v) is 4.15. The van der Waals surface area contributed by atoms with Crippen molar-refractivity contribution in [3.8, 4) is 0 Å². The minimum Gasteiger partial charge on any atom is -0.369 e. The van der Waals surface area contributed by atoms with Crippen molar-refractivity contribution in [1.29, 1.82) is 0 Å². The molecule has 0 atom stereocenters. The van der Waals surface area contributed by atoms with Crippen LogP contribution in [-0.2, 0) is 4.79 Å². The zero-order chi connectivity index (χ0) is 15.5. The van der Waals surface area contributed by atoms with Crippen molar-refractivity contribution in [2.75, 3.05) is 37.6 Å².